The van der Waals surface area contributed by atoms with Crippen LogP contribution >= 0.6 is 11.8 Å². The summed E-state index contributed by atoms with van der Waals surface area (Å²) in [5.41, 5.74) is -0.648. The van der Waals surface area contributed by atoms with Gasteiger partial charge < -0.3 is 29.1 Å². The van der Waals surface area contributed by atoms with Crippen LogP contribution in [0.1, 0.15) is 41.5 Å². The molecule has 2 saturated heterocycles. The van der Waals surface area contributed by atoms with Gasteiger partial charge in [0, 0.05) is 37.9 Å². The lowest BCUT2D eigenvalue weighted by Gasteiger charge is -2.46. The summed E-state index contributed by atoms with van der Waals surface area (Å²) in [4.78, 5) is 53.6. The van der Waals surface area contributed by atoms with E-state index in [1.54, 1.807) is 39.7 Å². The quantitative estimate of drug-likeness (QED) is 0.312. The minimum atomic E-state index is -0.864. The van der Waals surface area contributed by atoms with Gasteiger partial charge in [0.2, 0.25) is 18.6 Å². The molecule has 0 aromatic rings. The molecule has 0 aromatic carbocycles. The first kappa shape index (κ1) is 26.5. The molecule has 0 aliphatic carbocycles. The summed E-state index contributed by atoms with van der Waals surface area (Å²) in [6.07, 6.45) is -1.10. The summed E-state index contributed by atoms with van der Waals surface area (Å²) in [7, 11) is 1.58. The van der Waals surface area contributed by atoms with Crippen LogP contribution in [0.4, 0.5) is 0 Å². The molecule has 1 N–H and O–H groups in total. The molecule has 11 heteroatoms. The normalized spacial score (nSPS) is 29.6. The van der Waals surface area contributed by atoms with Crippen molar-refractivity contribution in [2.75, 3.05) is 27.0 Å². The highest BCUT2D eigenvalue weighted by Gasteiger charge is 2.60. The molecule has 10 nitrogen and oxygen atoms in total. The summed E-state index contributed by atoms with van der Waals surface area (Å²) in [5, 5.41) is 10.0. The smallest absolute Gasteiger partial charge is 0.358 e. The number of β-lactam (4-membered cyclic amide) rings is 1. The Morgan fingerprint density at radius 1 is 1.21 bits per heavy atom. The van der Waals surface area contributed by atoms with Crippen molar-refractivity contribution in [1.29, 1.82) is 0 Å². The third-order valence-corrected chi connectivity index (χ3v) is 8.11. The first-order chi connectivity index (χ1) is 15.8. The molecule has 5 unspecified atom stereocenters. The third-order valence-electron chi connectivity index (χ3n) is 6.54. The second kappa shape index (κ2) is 9.87. The summed E-state index contributed by atoms with van der Waals surface area (Å²) < 4.78 is 15.9. The Kier molecular flexibility index (Phi) is 7.69. The summed E-state index contributed by atoms with van der Waals surface area (Å²) >= 11 is 1.40. The number of carbonyl (C=O) groups is 4. The van der Waals surface area contributed by atoms with E-state index >= 15 is 0 Å². The molecule has 0 radical (unpaired) electrons. The van der Waals surface area contributed by atoms with Crippen LogP contribution in [0.3, 0.4) is 0 Å². The number of hydrogen-bond donors (Lipinski definition) is 1. The number of nitrogens with zero attached hydrogens (tertiary/aromatic N) is 2. The Morgan fingerprint density at radius 3 is 2.38 bits per heavy atom. The number of carbonyl (C=O) groups excluding carboxylic acids is 4. The van der Waals surface area contributed by atoms with E-state index in [0.29, 0.717) is 18.0 Å². The van der Waals surface area contributed by atoms with Crippen LogP contribution in [0.25, 0.3) is 0 Å². The third kappa shape index (κ3) is 4.83. The number of rotatable bonds is 7. The highest BCUT2D eigenvalue weighted by molar-refractivity contribution is 8.03. The van der Waals surface area contributed by atoms with E-state index in [-0.39, 0.29) is 40.8 Å². The number of ether oxygens (including phenoxy) is 3. The molecule has 2 amide bonds. The van der Waals surface area contributed by atoms with Gasteiger partial charge in [-0.05, 0) is 27.7 Å². The van der Waals surface area contributed by atoms with Crippen molar-refractivity contribution in [3.8, 4) is 0 Å². The largest absolute Gasteiger partial charge is 0.427 e. The lowest BCUT2D eigenvalue weighted by atomic mass is 9.79. The van der Waals surface area contributed by atoms with Crippen LogP contribution < -0.4 is 0 Å². The monoisotopic (exact) mass is 498 g/mol. The summed E-state index contributed by atoms with van der Waals surface area (Å²) in [6, 6.07) is -0.374. The maximum atomic E-state index is 13.1. The summed E-state index contributed by atoms with van der Waals surface area (Å²) in [5.74, 6) is -2.55. The molecule has 0 spiro atoms. The van der Waals surface area contributed by atoms with Gasteiger partial charge in [0.1, 0.15) is 5.70 Å². The molecular weight excluding hydrogens is 464 g/mol. The fraction of sp³-hybridized carbons (Fsp3) is 0.739. The lowest BCUT2D eigenvalue weighted by Crippen LogP contribution is -2.63. The van der Waals surface area contributed by atoms with E-state index < -0.39 is 36.2 Å². The van der Waals surface area contributed by atoms with Crippen molar-refractivity contribution in [2.45, 2.75) is 65.0 Å². The van der Waals surface area contributed by atoms with Gasteiger partial charge in [0.15, 0.2) is 0 Å². The Labute approximate surface area is 203 Å². The van der Waals surface area contributed by atoms with E-state index in [4.69, 9.17) is 14.2 Å². The Morgan fingerprint density at radius 2 is 1.85 bits per heavy atom. The maximum Gasteiger partial charge on any atom is 0.358 e. The standard InChI is InChI=1S/C23H34N2O8S/c1-11-17-16(12(2)26)20(28)25(17)18(21(29)32-10-33-22(30)23(4,5)6)19(11)34-15-9-24(13(3)27)8-14(15)31-7/h11-12,14-17,26H,8-10H2,1-7H3/t11?,12?,14?,15?,16?,17-/m1/s1. The van der Waals surface area contributed by atoms with Gasteiger partial charge in [-0.25, -0.2) is 4.79 Å². The van der Waals surface area contributed by atoms with Crippen LogP contribution in [0.15, 0.2) is 10.6 Å². The van der Waals surface area contributed by atoms with Crippen molar-refractivity contribution >= 4 is 35.5 Å². The number of hydrogen-bond acceptors (Lipinski definition) is 9. The van der Waals surface area contributed by atoms with E-state index in [0.717, 1.165) is 0 Å². The van der Waals surface area contributed by atoms with Crippen LogP contribution in [0.5, 0.6) is 0 Å². The van der Waals surface area contributed by atoms with Crippen molar-refractivity contribution in [3.05, 3.63) is 10.6 Å². The average Bonchev–Trinajstić information content (AvgIpc) is 3.25. The molecule has 2 fully saturated rings. The zero-order valence-corrected chi connectivity index (χ0v) is 21.5. The zero-order valence-electron chi connectivity index (χ0n) is 20.7. The van der Waals surface area contributed by atoms with Crippen LogP contribution in [0.2, 0.25) is 0 Å². The van der Waals surface area contributed by atoms with Gasteiger partial charge in [-0.3, -0.25) is 14.4 Å². The molecule has 0 aromatic heterocycles. The molecule has 0 saturated carbocycles. The Balaban J connectivity index is 1.84. The molecule has 3 aliphatic rings. The number of thioether (sulfide) groups is 1. The fourth-order valence-electron chi connectivity index (χ4n) is 4.59. The number of aliphatic hydroxyl groups is 1. The Bertz CT molecular complexity index is 896. The van der Waals surface area contributed by atoms with E-state index in [1.165, 1.54) is 23.6 Å². The number of esters is 2. The predicted octanol–water partition coefficient (Wildman–Crippen LogP) is 1.12. The topological polar surface area (TPSA) is 123 Å². The predicted molar refractivity (Wildman–Crippen MR) is 123 cm³/mol. The number of likely N-dealkylation sites (tertiary alicyclic amines) is 1. The highest BCUT2D eigenvalue weighted by atomic mass is 32.2. The number of fused-ring (bicyclic) bond motifs is 1. The fourth-order valence-corrected chi connectivity index (χ4v) is 6.17. The number of methoxy groups -OCH3 is 1. The molecule has 0 bridgehead atoms. The molecule has 3 heterocycles. The van der Waals surface area contributed by atoms with Gasteiger partial charge >= 0.3 is 11.9 Å². The first-order valence-corrected chi connectivity index (χ1v) is 12.2. The number of aliphatic hydroxyl groups excluding tert-OH is 1. The lowest BCUT2D eigenvalue weighted by molar-refractivity contribution is -0.175. The van der Waals surface area contributed by atoms with Gasteiger partial charge in [0.05, 0.1) is 34.8 Å². The van der Waals surface area contributed by atoms with Gasteiger partial charge in [-0.15, -0.1) is 11.8 Å². The summed E-state index contributed by atoms with van der Waals surface area (Å²) in [6.45, 7) is 10.3. The minimum Gasteiger partial charge on any atom is -0.427 e. The molecule has 190 valence electrons. The van der Waals surface area contributed by atoms with Gasteiger partial charge in [-0.2, -0.15) is 0 Å². The van der Waals surface area contributed by atoms with Crippen LogP contribution in [-0.2, 0) is 33.4 Å². The van der Waals surface area contributed by atoms with Crippen LogP contribution in [-0.4, -0.2) is 89.2 Å². The SMILES string of the molecule is COC1CN(C(C)=O)CC1SC1=C(C(=O)OCOC(=O)C(C)(C)C)N2C(=O)C(C(C)O)[C@H]2C1C. The van der Waals surface area contributed by atoms with Crippen molar-refractivity contribution in [3.63, 3.8) is 0 Å². The Hall–Kier alpha value is -2.11. The van der Waals surface area contributed by atoms with Crippen molar-refractivity contribution in [2.24, 2.45) is 17.3 Å². The van der Waals surface area contributed by atoms with Crippen molar-refractivity contribution in [1.82, 2.24) is 9.80 Å². The highest BCUT2D eigenvalue weighted by Crippen LogP contribution is 2.52. The van der Waals surface area contributed by atoms with Crippen molar-refractivity contribution < 1.29 is 38.5 Å². The van der Waals surface area contributed by atoms with Crippen LogP contribution in [0, 0.1) is 17.3 Å². The van der Waals surface area contributed by atoms with E-state index in [9.17, 15) is 24.3 Å². The molecular formula is C23H34N2O8S. The molecule has 6 atom stereocenters. The minimum absolute atomic E-state index is 0.0629. The average molecular weight is 499 g/mol. The van der Waals surface area contributed by atoms with E-state index in [2.05, 4.69) is 0 Å². The number of amides is 2. The van der Waals surface area contributed by atoms with E-state index in [1.807, 2.05) is 6.92 Å². The second-order valence-electron chi connectivity index (χ2n) is 10.1. The maximum absolute atomic E-state index is 13.1. The van der Waals surface area contributed by atoms with Gasteiger partial charge in [-0.1, -0.05) is 6.92 Å². The molecule has 3 rings (SSSR count). The second-order valence-corrected chi connectivity index (χ2v) is 11.3. The molecule has 3 aliphatic heterocycles. The molecule has 34 heavy (non-hydrogen) atoms. The zero-order chi connectivity index (χ0) is 25.5. The van der Waals surface area contributed by atoms with Gasteiger partial charge in [0.25, 0.3) is 0 Å². The first-order valence-electron chi connectivity index (χ1n) is 11.3.